The number of carbonyl (C=O) groups is 1. The van der Waals surface area contributed by atoms with Crippen LogP contribution < -0.4 is 10.0 Å². The molecule has 2 aromatic rings. The molecule has 0 aromatic heterocycles. The van der Waals surface area contributed by atoms with Gasteiger partial charge in [-0.3, -0.25) is 0 Å². The highest BCUT2D eigenvalue weighted by molar-refractivity contribution is 7.89. The van der Waals surface area contributed by atoms with E-state index in [2.05, 4.69) is 26.9 Å². The third-order valence-corrected chi connectivity index (χ3v) is 6.70. The normalized spacial score (nSPS) is 14.6. The lowest BCUT2D eigenvalue weighted by atomic mass is 9.89. The SMILES string of the molecule is COC(=O)c1ccc(CNS(=O)(=O)CCc2cccc(C3CCNCC3)c2)c(F)c1.Cl. The van der Waals surface area contributed by atoms with Crippen molar-refractivity contribution in [2.45, 2.75) is 31.7 Å². The fourth-order valence-corrected chi connectivity index (χ4v) is 4.63. The van der Waals surface area contributed by atoms with Gasteiger partial charge in [0.2, 0.25) is 10.0 Å². The molecule has 1 saturated heterocycles. The Hall–Kier alpha value is -2.00. The van der Waals surface area contributed by atoms with Crippen LogP contribution in [-0.2, 0) is 27.7 Å². The zero-order valence-electron chi connectivity index (χ0n) is 17.4. The Kier molecular flexibility index (Phi) is 9.43. The third-order valence-electron chi connectivity index (χ3n) is 5.38. The maximum Gasteiger partial charge on any atom is 0.337 e. The summed E-state index contributed by atoms with van der Waals surface area (Å²) in [5, 5.41) is 3.35. The second-order valence-electron chi connectivity index (χ2n) is 7.46. The van der Waals surface area contributed by atoms with Crippen LogP contribution in [-0.4, -0.2) is 40.3 Å². The smallest absolute Gasteiger partial charge is 0.337 e. The monoisotopic (exact) mass is 470 g/mol. The Bertz CT molecular complexity index is 995. The maximum atomic E-state index is 14.1. The summed E-state index contributed by atoms with van der Waals surface area (Å²) >= 11 is 0. The molecule has 0 unspecified atom stereocenters. The van der Waals surface area contributed by atoms with Crippen LogP contribution in [0.5, 0.6) is 0 Å². The van der Waals surface area contributed by atoms with Crippen LogP contribution in [0.15, 0.2) is 42.5 Å². The summed E-state index contributed by atoms with van der Waals surface area (Å²) in [6.07, 6.45) is 2.56. The molecule has 0 radical (unpaired) electrons. The molecule has 9 heteroatoms. The highest BCUT2D eigenvalue weighted by Gasteiger charge is 2.17. The standard InChI is InChI=1S/C22H27FN2O4S.ClH/c1-29-22(26)19-5-6-20(21(23)14-19)15-25-30(27,28)12-9-16-3-2-4-18(13-16)17-7-10-24-11-8-17;/h2-6,13-14,17,24-25H,7-12,15H2,1H3;1H. The van der Waals surface area contributed by atoms with Crippen LogP contribution >= 0.6 is 12.4 Å². The van der Waals surface area contributed by atoms with Crippen molar-refractivity contribution >= 4 is 28.4 Å². The number of sulfonamides is 1. The minimum Gasteiger partial charge on any atom is -0.465 e. The van der Waals surface area contributed by atoms with Crippen molar-refractivity contribution in [2.75, 3.05) is 26.0 Å². The van der Waals surface area contributed by atoms with E-state index in [0.29, 0.717) is 12.3 Å². The van der Waals surface area contributed by atoms with Gasteiger partial charge in [0.1, 0.15) is 5.82 Å². The number of nitrogens with one attached hydrogen (secondary N) is 2. The molecule has 1 fully saturated rings. The second kappa shape index (κ2) is 11.6. The Morgan fingerprint density at radius 1 is 1.19 bits per heavy atom. The van der Waals surface area contributed by atoms with Crippen LogP contribution in [0.1, 0.15) is 45.8 Å². The zero-order valence-corrected chi connectivity index (χ0v) is 19.0. The lowest BCUT2D eigenvalue weighted by molar-refractivity contribution is 0.0600. The van der Waals surface area contributed by atoms with E-state index in [9.17, 15) is 17.6 Å². The summed E-state index contributed by atoms with van der Waals surface area (Å²) < 4.78 is 45.9. The van der Waals surface area contributed by atoms with Crippen molar-refractivity contribution in [3.05, 3.63) is 70.5 Å². The molecule has 0 saturated carbocycles. The summed E-state index contributed by atoms with van der Waals surface area (Å²) in [5.74, 6) is -0.871. The molecule has 6 nitrogen and oxygen atoms in total. The van der Waals surface area contributed by atoms with Gasteiger partial charge in [-0.15, -0.1) is 12.4 Å². The Labute approximate surface area is 189 Å². The number of rotatable bonds is 8. The minimum absolute atomic E-state index is 0. The van der Waals surface area contributed by atoms with E-state index in [0.717, 1.165) is 37.6 Å². The number of ether oxygens (including phenoxy) is 1. The first-order chi connectivity index (χ1) is 14.4. The van der Waals surface area contributed by atoms with E-state index in [1.165, 1.54) is 24.8 Å². The predicted molar refractivity (Wildman–Crippen MR) is 121 cm³/mol. The molecule has 1 aliphatic rings. The van der Waals surface area contributed by atoms with Crippen LogP contribution in [0.3, 0.4) is 0 Å². The number of aryl methyl sites for hydroxylation is 1. The first-order valence-electron chi connectivity index (χ1n) is 10.0. The first kappa shape index (κ1) is 25.3. The molecule has 0 atom stereocenters. The average molecular weight is 471 g/mol. The van der Waals surface area contributed by atoms with Gasteiger partial charge in [-0.2, -0.15) is 0 Å². The van der Waals surface area contributed by atoms with E-state index in [1.807, 2.05) is 12.1 Å². The molecule has 1 heterocycles. The van der Waals surface area contributed by atoms with Crippen LogP contribution in [0.25, 0.3) is 0 Å². The summed E-state index contributed by atoms with van der Waals surface area (Å²) in [7, 11) is -2.37. The van der Waals surface area contributed by atoms with Crippen molar-refractivity contribution < 1.29 is 22.3 Å². The number of piperidine rings is 1. The molecule has 0 spiro atoms. The fraction of sp³-hybridized carbons (Fsp3) is 0.409. The van der Waals surface area contributed by atoms with Gasteiger partial charge in [0.15, 0.2) is 0 Å². The van der Waals surface area contributed by atoms with E-state index in [4.69, 9.17) is 0 Å². The minimum atomic E-state index is -3.58. The number of halogens is 2. The fourth-order valence-electron chi connectivity index (χ4n) is 3.61. The van der Waals surface area contributed by atoms with Crippen molar-refractivity contribution in [3.63, 3.8) is 0 Å². The molecule has 2 N–H and O–H groups in total. The highest BCUT2D eigenvalue weighted by atomic mass is 35.5. The van der Waals surface area contributed by atoms with Gasteiger partial charge in [-0.05, 0) is 61.5 Å². The Morgan fingerprint density at radius 2 is 1.94 bits per heavy atom. The van der Waals surface area contributed by atoms with E-state index < -0.39 is 21.8 Å². The maximum absolute atomic E-state index is 14.1. The van der Waals surface area contributed by atoms with Gasteiger partial charge < -0.3 is 10.1 Å². The van der Waals surface area contributed by atoms with Gasteiger partial charge >= 0.3 is 5.97 Å². The summed E-state index contributed by atoms with van der Waals surface area (Å²) in [4.78, 5) is 11.4. The van der Waals surface area contributed by atoms with Gasteiger partial charge in [0.25, 0.3) is 0 Å². The predicted octanol–water partition coefficient (Wildman–Crippen LogP) is 3.16. The lowest BCUT2D eigenvalue weighted by Crippen LogP contribution is -2.27. The van der Waals surface area contributed by atoms with E-state index >= 15 is 0 Å². The van der Waals surface area contributed by atoms with Crippen LogP contribution in [0.2, 0.25) is 0 Å². The number of carbonyl (C=O) groups excluding carboxylic acids is 1. The largest absolute Gasteiger partial charge is 0.465 e. The van der Waals surface area contributed by atoms with E-state index in [-0.39, 0.29) is 35.8 Å². The molecule has 31 heavy (non-hydrogen) atoms. The summed E-state index contributed by atoms with van der Waals surface area (Å²) in [5.41, 5.74) is 2.48. The Balaban J connectivity index is 0.00000341. The molecule has 0 aliphatic carbocycles. The molecule has 0 bridgehead atoms. The molecule has 0 amide bonds. The zero-order chi connectivity index (χ0) is 21.6. The van der Waals surface area contributed by atoms with E-state index in [1.54, 1.807) is 0 Å². The lowest BCUT2D eigenvalue weighted by Gasteiger charge is -2.23. The molecular formula is C22H28ClFN2O4S. The molecule has 2 aromatic carbocycles. The molecule has 3 rings (SSSR count). The Morgan fingerprint density at radius 3 is 2.61 bits per heavy atom. The number of hydrogen-bond donors (Lipinski definition) is 2. The quantitative estimate of drug-likeness (QED) is 0.579. The topological polar surface area (TPSA) is 84.5 Å². The highest BCUT2D eigenvalue weighted by Crippen LogP contribution is 2.25. The average Bonchev–Trinajstić information content (AvgIpc) is 2.77. The summed E-state index contributed by atoms with van der Waals surface area (Å²) in [6, 6.07) is 11.9. The first-order valence-corrected chi connectivity index (χ1v) is 11.7. The van der Waals surface area contributed by atoms with Crippen molar-refractivity contribution in [2.24, 2.45) is 0 Å². The number of benzene rings is 2. The van der Waals surface area contributed by atoms with Gasteiger partial charge in [0, 0.05) is 12.1 Å². The summed E-state index contributed by atoms with van der Waals surface area (Å²) in [6.45, 7) is 1.83. The number of hydrogen-bond acceptors (Lipinski definition) is 5. The third kappa shape index (κ3) is 7.28. The van der Waals surface area contributed by atoms with Crippen LogP contribution in [0, 0.1) is 5.82 Å². The number of esters is 1. The van der Waals surface area contributed by atoms with Gasteiger partial charge in [-0.25, -0.2) is 22.3 Å². The number of methoxy groups -OCH3 is 1. The molecular weight excluding hydrogens is 443 g/mol. The second-order valence-corrected chi connectivity index (χ2v) is 9.38. The van der Waals surface area contributed by atoms with Crippen molar-refractivity contribution in [3.8, 4) is 0 Å². The molecule has 170 valence electrons. The van der Waals surface area contributed by atoms with Crippen LogP contribution in [0.4, 0.5) is 4.39 Å². The van der Waals surface area contributed by atoms with Gasteiger partial charge in [-0.1, -0.05) is 30.3 Å². The van der Waals surface area contributed by atoms with Crippen molar-refractivity contribution in [1.29, 1.82) is 0 Å². The molecule has 1 aliphatic heterocycles. The van der Waals surface area contributed by atoms with Gasteiger partial charge in [0.05, 0.1) is 18.4 Å². The van der Waals surface area contributed by atoms with Crippen molar-refractivity contribution in [1.82, 2.24) is 10.0 Å².